The predicted molar refractivity (Wildman–Crippen MR) is 107 cm³/mol. The van der Waals surface area contributed by atoms with Crippen LogP contribution in [0, 0.1) is 5.92 Å². The Labute approximate surface area is 159 Å². The first-order valence-corrected chi connectivity index (χ1v) is 10.5. The number of rotatable bonds is 6. The van der Waals surface area contributed by atoms with Crippen molar-refractivity contribution < 1.29 is 13.2 Å². The molecule has 2 aromatic carbocycles. The van der Waals surface area contributed by atoms with Crippen molar-refractivity contribution in [2.75, 3.05) is 23.9 Å². The maximum absolute atomic E-state index is 12.5. The minimum absolute atomic E-state index is 0.222. The van der Waals surface area contributed by atoms with Crippen LogP contribution in [0.25, 0.3) is 0 Å². The minimum Gasteiger partial charge on any atom is -0.497 e. The highest BCUT2D eigenvalue weighted by molar-refractivity contribution is 7.90. The number of hydrogen-bond acceptors (Lipinski definition) is 5. The number of sulfonamides is 1. The van der Waals surface area contributed by atoms with Crippen LogP contribution in [0.2, 0.25) is 0 Å². The molecule has 0 saturated heterocycles. The van der Waals surface area contributed by atoms with Gasteiger partial charge in [0.15, 0.2) is 0 Å². The minimum atomic E-state index is -3.68. The van der Waals surface area contributed by atoms with Gasteiger partial charge >= 0.3 is 0 Å². The number of hydrogen-bond donors (Lipinski definition) is 1. The molecule has 1 atom stereocenters. The second-order valence-corrected chi connectivity index (χ2v) is 8.61. The lowest BCUT2D eigenvalue weighted by Crippen LogP contribution is -2.42. The molecule has 0 radical (unpaired) electrons. The summed E-state index contributed by atoms with van der Waals surface area (Å²) in [5.74, 6) is 1.86. The SMILES string of the molecule is COc1ccc(N(CC2=NS(=O)(=O)c3ccccc3N2)C(C)C2CC2)cc1. The predicted octanol–water partition coefficient (Wildman–Crippen LogP) is 3.51. The maximum atomic E-state index is 12.5. The van der Waals surface area contributed by atoms with Crippen molar-refractivity contribution in [1.29, 1.82) is 0 Å². The van der Waals surface area contributed by atoms with Gasteiger partial charge in [-0.15, -0.1) is 4.40 Å². The van der Waals surface area contributed by atoms with Crippen LogP contribution in [-0.4, -0.2) is 33.9 Å². The third-order valence-electron chi connectivity index (χ3n) is 5.19. The Balaban J connectivity index is 1.65. The van der Waals surface area contributed by atoms with E-state index in [2.05, 4.69) is 21.5 Å². The molecule has 1 N–H and O–H groups in total. The lowest BCUT2D eigenvalue weighted by atomic mass is 10.1. The number of anilines is 2. The fourth-order valence-corrected chi connectivity index (χ4v) is 4.61. The first kappa shape index (κ1) is 17.9. The summed E-state index contributed by atoms with van der Waals surface area (Å²) in [5, 5.41) is 3.19. The van der Waals surface area contributed by atoms with Crippen LogP contribution >= 0.6 is 0 Å². The lowest BCUT2D eigenvalue weighted by molar-refractivity contribution is 0.414. The van der Waals surface area contributed by atoms with Gasteiger partial charge in [-0.2, -0.15) is 8.42 Å². The molecule has 6 nitrogen and oxygen atoms in total. The molecule has 0 bridgehead atoms. The zero-order valence-corrected chi connectivity index (χ0v) is 16.2. The van der Waals surface area contributed by atoms with Crippen LogP contribution in [-0.2, 0) is 10.0 Å². The van der Waals surface area contributed by atoms with E-state index in [1.807, 2.05) is 30.3 Å². The summed E-state index contributed by atoms with van der Waals surface area (Å²) in [5.41, 5.74) is 1.60. The summed E-state index contributed by atoms with van der Waals surface area (Å²) in [6.07, 6.45) is 2.41. The van der Waals surface area contributed by atoms with Gasteiger partial charge in [-0.3, -0.25) is 0 Å². The van der Waals surface area contributed by atoms with Gasteiger partial charge in [0.05, 0.1) is 19.3 Å². The van der Waals surface area contributed by atoms with Crippen molar-refractivity contribution in [3.05, 3.63) is 48.5 Å². The number of nitrogens with one attached hydrogen (secondary N) is 1. The van der Waals surface area contributed by atoms with Gasteiger partial charge in [0.1, 0.15) is 16.5 Å². The normalized spacial score (nSPS) is 18.7. The number of ether oxygens (including phenoxy) is 1. The summed E-state index contributed by atoms with van der Waals surface area (Å²) in [6.45, 7) is 2.59. The fourth-order valence-electron chi connectivity index (χ4n) is 3.47. The Morgan fingerprint density at radius 1 is 1.19 bits per heavy atom. The highest BCUT2D eigenvalue weighted by Gasteiger charge is 2.34. The number of para-hydroxylation sites is 1. The Bertz CT molecular complexity index is 966. The first-order chi connectivity index (χ1) is 13.0. The molecule has 0 aromatic heterocycles. The van der Waals surface area contributed by atoms with Crippen LogP contribution in [0.1, 0.15) is 19.8 Å². The molecule has 1 fully saturated rings. The summed E-state index contributed by atoms with van der Waals surface area (Å²) in [7, 11) is -2.04. The van der Waals surface area contributed by atoms with Crippen molar-refractivity contribution in [3.8, 4) is 5.75 Å². The second kappa shape index (κ2) is 6.88. The maximum Gasteiger partial charge on any atom is 0.286 e. The van der Waals surface area contributed by atoms with Gasteiger partial charge in [-0.25, -0.2) is 0 Å². The van der Waals surface area contributed by atoms with Crippen molar-refractivity contribution in [2.24, 2.45) is 10.3 Å². The van der Waals surface area contributed by atoms with E-state index < -0.39 is 10.0 Å². The Kier molecular flexibility index (Phi) is 4.55. The van der Waals surface area contributed by atoms with Crippen LogP contribution in [0.5, 0.6) is 5.75 Å². The monoisotopic (exact) mass is 385 g/mol. The molecule has 2 aliphatic rings. The largest absolute Gasteiger partial charge is 0.497 e. The van der Waals surface area contributed by atoms with Crippen LogP contribution in [0.4, 0.5) is 11.4 Å². The van der Waals surface area contributed by atoms with E-state index >= 15 is 0 Å². The molecule has 0 spiro atoms. The van der Waals surface area contributed by atoms with Gasteiger partial charge in [0, 0.05) is 11.7 Å². The van der Waals surface area contributed by atoms with Gasteiger partial charge in [-0.05, 0) is 62.1 Å². The number of methoxy groups -OCH3 is 1. The summed E-state index contributed by atoms with van der Waals surface area (Å²) >= 11 is 0. The van der Waals surface area contributed by atoms with Gasteiger partial charge in [0.2, 0.25) is 0 Å². The molecular weight excluding hydrogens is 362 g/mol. The van der Waals surface area contributed by atoms with Crippen molar-refractivity contribution in [2.45, 2.75) is 30.7 Å². The van der Waals surface area contributed by atoms with Crippen LogP contribution in [0.15, 0.2) is 57.8 Å². The highest BCUT2D eigenvalue weighted by atomic mass is 32.2. The molecule has 1 aliphatic carbocycles. The van der Waals surface area contributed by atoms with E-state index in [0.717, 1.165) is 11.4 Å². The molecule has 1 heterocycles. The number of fused-ring (bicyclic) bond motifs is 1. The van der Waals surface area contributed by atoms with E-state index in [9.17, 15) is 8.42 Å². The highest BCUT2D eigenvalue weighted by Crippen LogP contribution is 2.37. The van der Waals surface area contributed by atoms with E-state index in [0.29, 0.717) is 30.0 Å². The lowest BCUT2D eigenvalue weighted by Gasteiger charge is -2.33. The summed E-state index contributed by atoms with van der Waals surface area (Å²) in [6, 6.07) is 15.0. The smallest absolute Gasteiger partial charge is 0.286 e. The number of amidine groups is 1. The molecule has 1 aliphatic heterocycles. The quantitative estimate of drug-likeness (QED) is 0.824. The van der Waals surface area contributed by atoms with E-state index in [1.165, 1.54) is 12.8 Å². The third-order valence-corrected chi connectivity index (χ3v) is 6.57. The Morgan fingerprint density at radius 2 is 1.89 bits per heavy atom. The molecule has 1 unspecified atom stereocenters. The molecule has 1 saturated carbocycles. The molecular formula is C20H23N3O3S. The average molecular weight is 385 g/mol. The molecule has 4 rings (SSSR count). The van der Waals surface area contributed by atoms with Crippen molar-refractivity contribution >= 4 is 27.2 Å². The van der Waals surface area contributed by atoms with Crippen molar-refractivity contribution in [3.63, 3.8) is 0 Å². The third kappa shape index (κ3) is 3.64. The molecule has 2 aromatic rings. The van der Waals surface area contributed by atoms with E-state index in [4.69, 9.17) is 4.74 Å². The average Bonchev–Trinajstić information content (AvgIpc) is 3.50. The zero-order valence-electron chi connectivity index (χ0n) is 15.4. The van der Waals surface area contributed by atoms with Gasteiger partial charge in [0.25, 0.3) is 10.0 Å². The number of nitrogens with zero attached hydrogens (tertiary/aromatic N) is 2. The molecule has 7 heteroatoms. The van der Waals surface area contributed by atoms with E-state index in [-0.39, 0.29) is 4.90 Å². The second-order valence-electron chi connectivity index (χ2n) is 7.04. The number of benzene rings is 2. The van der Waals surface area contributed by atoms with Gasteiger partial charge in [-0.1, -0.05) is 12.1 Å². The standard InChI is InChI=1S/C20H23N3O3S/c1-14(15-7-8-15)23(16-9-11-17(26-2)12-10-16)13-20-21-18-5-3-4-6-19(18)27(24,25)22-20/h3-6,9-12,14-15H,7-8,13H2,1-2H3,(H,21,22). The summed E-state index contributed by atoms with van der Waals surface area (Å²) in [4.78, 5) is 2.44. The zero-order chi connectivity index (χ0) is 19.0. The molecule has 0 amide bonds. The summed E-state index contributed by atoms with van der Waals surface area (Å²) < 4.78 is 34.4. The van der Waals surface area contributed by atoms with Crippen LogP contribution in [0.3, 0.4) is 0 Å². The Morgan fingerprint density at radius 3 is 2.56 bits per heavy atom. The van der Waals surface area contributed by atoms with Crippen molar-refractivity contribution in [1.82, 2.24) is 0 Å². The topological polar surface area (TPSA) is 71.0 Å². The Hall–Kier alpha value is -2.54. The first-order valence-electron chi connectivity index (χ1n) is 9.08. The fraction of sp³-hybridized carbons (Fsp3) is 0.350. The van der Waals surface area contributed by atoms with Gasteiger partial charge < -0.3 is 15.0 Å². The molecule has 142 valence electrons. The van der Waals surface area contributed by atoms with Crippen LogP contribution < -0.4 is 15.0 Å². The van der Waals surface area contributed by atoms with E-state index in [1.54, 1.807) is 25.3 Å². The molecule has 27 heavy (non-hydrogen) atoms.